The number of carbonyl (C=O) groups is 1. The molecule has 2 aromatic rings. The summed E-state index contributed by atoms with van der Waals surface area (Å²) < 4.78 is 5.65. The predicted octanol–water partition coefficient (Wildman–Crippen LogP) is 3.79. The Morgan fingerprint density at radius 3 is 2.73 bits per heavy atom. The van der Waals surface area contributed by atoms with Gasteiger partial charge in [0, 0.05) is 5.56 Å². The molecular weight excluding hydrogens is 348 g/mol. The molecule has 26 heavy (non-hydrogen) atoms. The minimum absolute atomic E-state index is 0.151. The Labute approximate surface area is 157 Å². The number of thioether (sulfide) groups is 1. The number of aryl methyl sites for hydroxylation is 2. The number of amides is 1. The highest BCUT2D eigenvalue weighted by atomic mass is 32.2. The molecule has 1 aliphatic carbocycles. The molecule has 0 unspecified atom stereocenters. The van der Waals surface area contributed by atoms with Crippen molar-refractivity contribution >= 4 is 17.7 Å². The van der Waals surface area contributed by atoms with Crippen LogP contribution in [0.5, 0.6) is 0 Å². The Bertz CT molecular complexity index is 834. The van der Waals surface area contributed by atoms with E-state index >= 15 is 0 Å². The monoisotopic (exact) mass is 370 g/mol. The van der Waals surface area contributed by atoms with Crippen molar-refractivity contribution in [1.29, 1.82) is 5.26 Å². The van der Waals surface area contributed by atoms with E-state index in [4.69, 9.17) is 4.42 Å². The SMILES string of the molecule is Cc1ccc(-c2nnc(SCC(=O)NC3(C#N)CCCCC3)o2)cc1C. The van der Waals surface area contributed by atoms with Crippen LogP contribution < -0.4 is 5.32 Å². The van der Waals surface area contributed by atoms with Gasteiger partial charge in [0.25, 0.3) is 5.22 Å². The molecule has 1 saturated carbocycles. The lowest BCUT2D eigenvalue weighted by atomic mass is 9.83. The number of aromatic nitrogens is 2. The number of rotatable bonds is 5. The third-order valence-electron chi connectivity index (χ3n) is 4.79. The Morgan fingerprint density at radius 1 is 1.27 bits per heavy atom. The maximum atomic E-state index is 12.2. The van der Waals surface area contributed by atoms with E-state index in [1.165, 1.54) is 17.3 Å². The van der Waals surface area contributed by atoms with Crippen molar-refractivity contribution in [3.63, 3.8) is 0 Å². The molecule has 1 heterocycles. The smallest absolute Gasteiger partial charge is 0.277 e. The molecule has 1 N–H and O–H groups in total. The quantitative estimate of drug-likeness (QED) is 0.805. The number of hydrogen-bond acceptors (Lipinski definition) is 6. The maximum absolute atomic E-state index is 12.2. The molecule has 1 aromatic heterocycles. The van der Waals surface area contributed by atoms with Crippen molar-refractivity contribution in [2.24, 2.45) is 0 Å². The third-order valence-corrected chi connectivity index (χ3v) is 5.61. The first kappa shape index (κ1) is 18.5. The minimum atomic E-state index is -0.713. The van der Waals surface area contributed by atoms with Gasteiger partial charge in [-0.3, -0.25) is 4.79 Å². The van der Waals surface area contributed by atoms with Gasteiger partial charge in [0.1, 0.15) is 5.54 Å². The van der Waals surface area contributed by atoms with Gasteiger partial charge < -0.3 is 9.73 Å². The summed E-state index contributed by atoms with van der Waals surface area (Å²) >= 11 is 1.19. The summed E-state index contributed by atoms with van der Waals surface area (Å²) in [6, 6.07) is 8.25. The summed E-state index contributed by atoms with van der Waals surface area (Å²) in [5, 5.41) is 20.7. The molecule has 1 fully saturated rings. The highest BCUT2D eigenvalue weighted by Crippen LogP contribution is 2.28. The fourth-order valence-electron chi connectivity index (χ4n) is 3.11. The maximum Gasteiger partial charge on any atom is 0.277 e. The van der Waals surface area contributed by atoms with E-state index in [2.05, 4.69) is 21.6 Å². The van der Waals surface area contributed by atoms with E-state index in [0.717, 1.165) is 43.2 Å². The van der Waals surface area contributed by atoms with Crippen LogP contribution in [0.25, 0.3) is 11.5 Å². The van der Waals surface area contributed by atoms with E-state index in [9.17, 15) is 10.1 Å². The normalized spacial score (nSPS) is 16.0. The minimum Gasteiger partial charge on any atom is -0.411 e. The van der Waals surface area contributed by atoms with Crippen molar-refractivity contribution in [3.05, 3.63) is 29.3 Å². The lowest BCUT2D eigenvalue weighted by Crippen LogP contribution is -2.49. The van der Waals surface area contributed by atoms with Gasteiger partial charge in [0.05, 0.1) is 11.8 Å². The first-order valence-corrected chi connectivity index (χ1v) is 9.76. The zero-order valence-corrected chi connectivity index (χ0v) is 15.9. The van der Waals surface area contributed by atoms with E-state index in [0.29, 0.717) is 11.1 Å². The molecule has 0 saturated heterocycles. The van der Waals surface area contributed by atoms with E-state index in [-0.39, 0.29) is 11.7 Å². The second-order valence-corrected chi connectivity index (χ2v) is 7.69. The number of nitrogens with one attached hydrogen (secondary N) is 1. The number of nitrogens with zero attached hydrogens (tertiary/aromatic N) is 3. The van der Waals surface area contributed by atoms with Gasteiger partial charge in [-0.05, 0) is 49.9 Å². The van der Waals surface area contributed by atoms with Gasteiger partial charge in [0.2, 0.25) is 11.8 Å². The van der Waals surface area contributed by atoms with Crippen LogP contribution in [-0.2, 0) is 4.79 Å². The van der Waals surface area contributed by atoms with Gasteiger partial charge >= 0.3 is 0 Å². The molecule has 0 atom stereocenters. The molecular formula is C19H22N4O2S. The standard InChI is InChI=1S/C19H22N4O2S/c1-13-6-7-15(10-14(13)2)17-22-23-18(25-17)26-11-16(24)21-19(12-20)8-4-3-5-9-19/h6-7,10H,3-5,8-9,11H2,1-2H3,(H,21,24). The lowest BCUT2D eigenvalue weighted by molar-refractivity contribution is -0.120. The fourth-order valence-corrected chi connectivity index (χ4v) is 3.67. The summed E-state index contributed by atoms with van der Waals surface area (Å²) in [6.45, 7) is 4.08. The second-order valence-electron chi connectivity index (χ2n) is 6.76. The zero-order chi connectivity index (χ0) is 18.6. The van der Waals surface area contributed by atoms with E-state index in [1.54, 1.807) is 0 Å². The van der Waals surface area contributed by atoms with Crippen molar-refractivity contribution in [1.82, 2.24) is 15.5 Å². The average Bonchev–Trinajstić information content (AvgIpc) is 3.12. The van der Waals surface area contributed by atoms with Crippen molar-refractivity contribution in [2.75, 3.05) is 5.75 Å². The third kappa shape index (κ3) is 4.25. The van der Waals surface area contributed by atoms with Crippen LogP contribution in [0.3, 0.4) is 0 Å². The number of nitriles is 1. The molecule has 136 valence electrons. The molecule has 0 spiro atoms. The highest BCUT2D eigenvalue weighted by molar-refractivity contribution is 7.99. The molecule has 1 aliphatic rings. The largest absolute Gasteiger partial charge is 0.411 e. The van der Waals surface area contributed by atoms with E-state index in [1.807, 2.05) is 32.0 Å². The summed E-state index contributed by atoms with van der Waals surface area (Å²) in [5.74, 6) is 0.416. The lowest BCUT2D eigenvalue weighted by Gasteiger charge is -2.31. The Hall–Kier alpha value is -2.33. The number of carbonyl (C=O) groups excluding carboxylic acids is 1. The fraction of sp³-hybridized carbons (Fsp3) is 0.474. The zero-order valence-electron chi connectivity index (χ0n) is 15.0. The van der Waals surface area contributed by atoms with Crippen LogP contribution >= 0.6 is 11.8 Å². The van der Waals surface area contributed by atoms with Crippen LogP contribution in [-0.4, -0.2) is 27.4 Å². The molecule has 3 rings (SSSR count). The van der Waals surface area contributed by atoms with Crippen LogP contribution in [0.4, 0.5) is 0 Å². The molecule has 1 aromatic carbocycles. The summed E-state index contributed by atoms with van der Waals surface area (Å²) in [5.41, 5.74) is 2.51. The molecule has 0 radical (unpaired) electrons. The molecule has 0 bridgehead atoms. The van der Waals surface area contributed by atoms with E-state index < -0.39 is 5.54 Å². The summed E-state index contributed by atoms with van der Waals surface area (Å²) in [4.78, 5) is 12.2. The summed E-state index contributed by atoms with van der Waals surface area (Å²) in [6.07, 6.45) is 4.51. The van der Waals surface area contributed by atoms with Gasteiger partial charge in [-0.2, -0.15) is 5.26 Å². The second kappa shape index (κ2) is 7.92. The number of hydrogen-bond donors (Lipinski definition) is 1. The molecule has 6 nitrogen and oxygen atoms in total. The van der Waals surface area contributed by atoms with Crippen LogP contribution in [0.15, 0.2) is 27.8 Å². The van der Waals surface area contributed by atoms with Crippen molar-refractivity contribution in [3.8, 4) is 17.5 Å². The first-order valence-electron chi connectivity index (χ1n) is 8.77. The molecule has 0 aliphatic heterocycles. The van der Waals surface area contributed by atoms with Crippen molar-refractivity contribution < 1.29 is 9.21 Å². The average molecular weight is 370 g/mol. The van der Waals surface area contributed by atoms with Gasteiger partial charge in [-0.25, -0.2) is 0 Å². The van der Waals surface area contributed by atoms with Crippen LogP contribution in [0.2, 0.25) is 0 Å². The molecule has 7 heteroatoms. The summed E-state index contributed by atoms with van der Waals surface area (Å²) in [7, 11) is 0. The first-order chi connectivity index (χ1) is 12.5. The Morgan fingerprint density at radius 2 is 2.04 bits per heavy atom. The van der Waals surface area contributed by atoms with Crippen molar-refractivity contribution in [2.45, 2.75) is 56.7 Å². The highest BCUT2D eigenvalue weighted by Gasteiger charge is 2.33. The Kier molecular flexibility index (Phi) is 5.62. The topological polar surface area (TPSA) is 91.8 Å². The van der Waals surface area contributed by atoms with Gasteiger partial charge in [-0.1, -0.05) is 37.1 Å². The predicted molar refractivity (Wildman–Crippen MR) is 99.5 cm³/mol. The molecule has 1 amide bonds. The number of benzene rings is 1. The van der Waals surface area contributed by atoms with Crippen LogP contribution in [0.1, 0.15) is 43.2 Å². The van der Waals surface area contributed by atoms with Crippen LogP contribution in [0, 0.1) is 25.2 Å². The van der Waals surface area contributed by atoms with Gasteiger partial charge in [-0.15, -0.1) is 10.2 Å². The van der Waals surface area contributed by atoms with Gasteiger partial charge in [0.15, 0.2) is 0 Å². The Balaban J connectivity index is 1.58.